The van der Waals surface area contributed by atoms with E-state index in [0.717, 1.165) is 22.5 Å². The van der Waals surface area contributed by atoms with Gasteiger partial charge in [-0.25, -0.2) is 0 Å². The Morgan fingerprint density at radius 2 is 2.14 bits per heavy atom. The van der Waals surface area contributed by atoms with Crippen LogP contribution < -0.4 is 5.73 Å². The molecule has 0 aliphatic heterocycles. The van der Waals surface area contributed by atoms with E-state index in [1.165, 1.54) is 0 Å². The summed E-state index contributed by atoms with van der Waals surface area (Å²) in [6.07, 6.45) is 3.51. The van der Waals surface area contributed by atoms with Crippen LogP contribution in [-0.4, -0.2) is 10.1 Å². The zero-order chi connectivity index (χ0) is 10.1. The number of pyridine rings is 1. The van der Waals surface area contributed by atoms with Crippen LogP contribution in [-0.2, 0) is 0 Å². The van der Waals surface area contributed by atoms with Gasteiger partial charge < -0.3 is 10.3 Å². The molecule has 0 saturated heterocycles. The number of aryl methyl sites for hydroxylation is 1. The summed E-state index contributed by atoms with van der Waals surface area (Å²) in [5.74, 6) is 1.17. The summed E-state index contributed by atoms with van der Waals surface area (Å²) in [5.41, 5.74) is 8.52. The number of hydrogen-bond donors (Lipinski definition) is 1. The second-order valence-corrected chi connectivity index (χ2v) is 3.21. The molecule has 0 fully saturated rings. The third kappa shape index (κ3) is 1.25. The summed E-state index contributed by atoms with van der Waals surface area (Å²) >= 11 is 0. The van der Waals surface area contributed by atoms with E-state index >= 15 is 0 Å². The molecule has 0 radical (unpaired) electrons. The van der Waals surface area contributed by atoms with E-state index in [0.29, 0.717) is 5.82 Å². The van der Waals surface area contributed by atoms with Crippen LogP contribution >= 0.6 is 0 Å². The molecule has 0 bridgehead atoms. The number of nitrogens with zero attached hydrogens (tertiary/aromatic N) is 2. The van der Waals surface area contributed by atoms with Crippen LogP contribution in [0.3, 0.4) is 0 Å². The zero-order valence-electron chi connectivity index (χ0n) is 8.11. The summed E-state index contributed by atoms with van der Waals surface area (Å²) < 4.78 is 5.16. The maximum absolute atomic E-state index is 5.61. The summed E-state index contributed by atoms with van der Waals surface area (Å²) in [4.78, 5) is 4.01. The lowest BCUT2D eigenvalue weighted by molar-refractivity contribution is 0.435. The Labute approximate surface area is 81.7 Å². The second-order valence-electron chi connectivity index (χ2n) is 3.21. The third-order valence-electron chi connectivity index (χ3n) is 2.23. The van der Waals surface area contributed by atoms with Crippen molar-refractivity contribution in [1.82, 2.24) is 10.1 Å². The summed E-state index contributed by atoms with van der Waals surface area (Å²) in [6, 6.07) is 1.89. The van der Waals surface area contributed by atoms with Crippen LogP contribution in [0, 0.1) is 13.8 Å². The van der Waals surface area contributed by atoms with Crippen LogP contribution in [0.2, 0.25) is 0 Å². The Kier molecular flexibility index (Phi) is 1.96. The van der Waals surface area contributed by atoms with Crippen LogP contribution in [0.1, 0.15) is 11.1 Å². The molecule has 4 nitrogen and oxygen atoms in total. The van der Waals surface area contributed by atoms with Gasteiger partial charge in [0.25, 0.3) is 0 Å². The first-order valence-electron chi connectivity index (χ1n) is 4.33. The highest BCUT2D eigenvalue weighted by atomic mass is 16.5. The average Bonchev–Trinajstić information content (AvgIpc) is 2.49. The molecule has 0 aromatic carbocycles. The number of aromatic nitrogens is 2. The van der Waals surface area contributed by atoms with E-state index in [4.69, 9.17) is 10.3 Å². The molecule has 4 heteroatoms. The molecule has 0 spiro atoms. The van der Waals surface area contributed by atoms with E-state index in [-0.39, 0.29) is 0 Å². The lowest BCUT2D eigenvalue weighted by Gasteiger charge is -2.00. The largest absolute Gasteiger partial charge is 0.381 e. The standard InChI is InChI=1S/C10H11N3O/c1-6-5-12-4-3-8(6)9-7(2)10(11)13-14-9/h3-5H,1-2H3,(H2,11,13). The SMILES string of the molecule is Cc1cnccc1-c1onc(N)c1C. The van der Waals surface area contributed by atoms with Crippen molar-refractivity contribution in [3.05, 3.63) is 29.6 Å². The molecule has 0 unspecified atom stereocenters. The fraction of sp³-hybridized carbons (Fsp3) is 0.200. The molecule has 2 N–H and O–H groups in total. The summed E-state index contributed by atoms with van der Waals surface area (Å²) in [7, 11) is 0. The Bertz CT molecular complexity index is 462. The molecule has 2 aromatic heterocycles. The maximum atomic E-state index is 5.61. The molecule has 0 atom stereocenters. The van der Waals surface area contributed by atoms with Gasteiger partial charge in [0.1, 0.15) is 0 Å². The van der Waals surface area contributed by atoms with Gasteiger partial charge in [-0.05, 0) is 25.5 Å². The predicted octanol–water partition coefficient (Wildman–Crippen LogP) is 1.94. The molecule has 2 heterocycles. The van der Waals surface area contributed by atoms with Gasteiger partial charge >= 0.3 is 0 Å². The summed E-state index contributed by atoms with van der Waals surface area (Å²) in [6.45, 7) is 3.86. The molecule has 14 heavy (non-hydrogen) atoms. The fourth-order valence-electron chi connectivity index (χ4n) is 1.33. The molecule has 0 aliphatic carbocycles. The predicted molar refractivity (Wildman–Crippen MR) is 53.6 cm³/mol. The van der Waals surface area contributed by atoms with E-state index in [2.05, 4.69) is 10.1 Å². The number of rotatable bonds is 1. The van der Waals surface area contributed by atoms with Gasteiger partial charge in [0.2, 0.25) is 0 Å². The monoisotopic (exact) mass is 189 g/mol. The Morgan fingerprint density at radius 3 is 2.71 bits per heavy atom. The highest BCUT2D eigenvalue weighted by Gasteiger charge is 2.12. The van der Waals surface area contributed by atoms with Crippen molar-refractivity contribution in [2.45, 2.75) is 13.8 Å². The highest BCUT2D eigenvalue weighted by Crippen LogP contribution is 2.28. The molecular formula is C10H11N3O. The smallest absolute Gasteiger partial charge is 0.172 e. The van der Waals surface area contributed by atoms with Gasteiger partial charge in [-0.1, -0.05) is 5.16 Å². The molecule has 2 rings (SSSR count). The second kappa shape index (κ2) is 3.14. The van der Waals surface area contributed by atoms with Gasteiger partial charge in [0, 0.05) is 23.5 Å². The Balaban J connectivity index is 2.60. The Morgan fingerprint density at radius 1 is 1.36 bits per heavy atom. The van der Waals surface area contributed by atoms with Crippen molar-refractivity contribution >= 4 is 5.82 Å². The highest BCUT2D eigenvalue weighted by molar-refractivity contribution is 5.67. The first kappa shape index (κ1) is 8.74. The van der Waals surface area contributed by atoms with Gasteiger partial charge in [-0.2, -0.15) is 0 Å². The summed E-state index contributed by atoms with van der Waals surface area (Å²) in [5, 5.41) is 3.72. The number of nitrogen functional groups attached to an aromatic ring is 1. The number of nitrogens with two attached hydrogens (primary N) is 1. The van der Waals surface area contributed by atoms with E-state index in [1.807, 2.05) is 19.9 Å². The molecule has 0 saturated carbocycles. The van der Waals surface area contributed by atoms with Crippen molar-refractivity contribution in [3.8, 4) is 11.3 Å². The van der Waals surface area contributed by atoms with Gasteiger partial charge in [-0.3, -0.25) is 4.98 Å². The van der Waals surface area contributed by atoms with Crippen molar-refractivity contribution in [2.75, 3.05) is 5.73 Å². The molecule has 0 amide bonds. The van der Waals surface area contributed by atoms with Crippen LogP contribution in [0.4, 0.5) is 5.82 Å². The van der Waals surface area contributed by atoms with Gasteiger partial charge in [0.15, 0.2) is 11.6 Å². The van der Waals surface area contributed by atoms with Crippen LogP contribution in [0.15, 0.2) is 23.0 Å². The normalized spacial score (nSPS) is 10.4. The minimum atomic E-state index is 0.441. The minimum Gasteiger partial charge on any atom is -0.381 e. The molecule has 2 aromatic rings. The van der Waals surface area contributed by atoms with Crippen LogP contribution in [0.25, 0.3) is 11.3 Å². The molecule has 0 aliphatic rings. The molecular weight excluding hydrogens is 178 g/mol. The first-order valence-corrected chi connectivity index (χ1v) is 4.33. The third-order valence-corrected chi connectivity index (χ3v) is 2.23. The topological polar surface area (TPSA) is 64.9 Å². The van der Waals surface area contributed by atoms with Crippen molar-refractivity contribution in [3.63, 3.8) is 0 Å². The van der Waals surface area contributed by atoms with Crippen molar-refractivity contribution < 1.29 is 4.52 Å². The lowest BCUT2D eigenvalue weighted by Crippen LogP contribution is -1.88. The number of anilines is 1. The molecule has 72 valence electrons. The first-order chi connectivity index (χ1) is 6.70. The maximum Gasteiger partial charge on any atom is 0.172 e. The van der Waals surface area contributed by atoms with Gasteiger partial charge in [0.05, 0.1) is 0 Å². The van der Waals surface area contributed by atoms with E-state index in [1.54, 1.807) is 12.4 Å². The Hall–Kier alpha value is -1.84. The average molecular weight is 189 g/mol. The zero-order valence-corrected chi connectivity index (χ0v) is 8.11. The fourth-order valence-corrected chi connectivity index (χ4v) is 1.33. The van der Waals surface area contributed by atoms with Gasteiger partial charge in [-0.15, -0.1) is 0 Å². The van der Waals surface area contributed by atoms with Crippen molar-refractivity contribution in [2.24, 2.45) is 0 Å². The van der Waals surface area contributed by atoms with E-state index < -0.39 is 0 Å². The van der Waals surface area contributed by atoms with E-state index in [9.17, 15) is 0 Å². The number of hydrogen-bond acceptors (Lipinski definition) is 4. The lowest BCUT2D eigenvalue weighted by atomic mass is 10.1. The quantitative estimate of drug-likeness (QED) is 0.744. The van der Waals surface area contributed by atoms with Crippen LogP contribution in [0.5, 0.6) is 0 Å². The minimum absolute atomic E-state index is 0.441. The van der Waals surface area contributed by atoms with Crippen molar-refractivity contribution in [1.29, 1.82) is 0 Å².